The summed E-state index contributed by atoms with van der Waals surface area (Å²) in [6, 6.07) is 6.46. The van der Waals surface area contributed by atoms with Crippen molar-refractivity contribution in [3.63, 3.8) is 0 Å². The van der Waals surface area contributed by atoms with Gasteiger partial charge in [-0.15, -0.1) is 0 Å². The zero-order valence-electron chi connectivity index (χ0n) is 21.8. The summed E-state index contributed by atoms with van der Waals surface area (Å²) in [6.45, 7) is 1.65. The largest absolute Gasteiger partial charge is 0.506 e. The van der Waals surface area contributed by atoms with E-state index >= 15 is 0 Å². The molecule has 1 atom stereocenters. The van der Waals surface area contributed by atoms with Crippen molar-refractivity contribution in [1.82, 2.24) is 10.3 Å². The molecule has 0 saturated carbocycles. The number of esters is 1. The number of H-pyrrole nitrogens is 1. The van der Waals surface area contributed by atoms with Crippen LogP contribution in [-0.2, 0) is 16.1 Å². The lowest BCUT2D eigenvalue weighted by atomic mass is 9.86. The van der Waals surface area contributed by atoms with Crippen LogP contribution in [0.1, 0.15) is 46.3 Å². The van der Waals surface area contributed by atoms with Gasteiger partial charge in [-0.3, -0.25) is 9.59 Å². The minimum atomic E-state index is -1.13. The zero-order chi connectivity index (χ0) is 29.0. The summed E-state index contributed by atoms with van der Waals surface area (Å²) in [6.07, 6.45) is 0.710. The number of benzene rings is 2. The first-order chi connectivity index (χ1) is 19.2. The van der Waals surface area contributed by atoms with E-state index in [-0.39, 0.29) is 66.1 Å². The normalized spacial score (nSPS) is 12.5. The maximum Gasteiger partial charge on any atom is 0.343 e. The Balaban J connectivity index is 1.81. The Morgan fingerprint density at radius 3 is 2.55 bits per heavy atom. The van der Waals surface area contributed by atoms with Crippen molar-refractivity contribution >= 4 is 35.1 Å². The number of methoxy groups -OCH3 is 2. The molecule has 11 nitrogen and oxygen atoms in total. The number of fused-ring (bicyclic) bond motifs is 1. The lowest BCUT2D eigenvalue weighted by molar-refractivity contribution is -0.121. The van der Waals surface area contributed by atoms with Crippen molar-refractivity contribution < 1.29 is 38.4 Å². The van der Waals surface area contributed by atoms with Gasteiger partial charge in [-0.1, -0.05) is 29.3 Å². The molecule has 2 heterocycles. The number of amides is 1. The third kappa shape index (κ3) is 5.75. The van der Waals surface area contributed by atoms with Gasteiger partial charge >= 0.3 is 5.97 Å². The Labute approximate surface area is 238 Å². The van der Waals surface area contributed by atoms with Gasteiger partial charge in [0.1, 0.15) is 11.3 Å². The maximum atomic E-state index is 13.3. The van der Waals surface area contributed by atoms with Gasteiger partial charge in [0.25, 0.3) is 5.56 Å². The first-order valence-electron chi connectivity index (χ1n) is 12.1. The number of aromatic amines is 1. The predicted molar refractivity (Wildman–Crippen MR) is 145 cm³/mol. The van der Waals surface area contributed by atoms with Crippen molar-refractivity contribution in [2.24, 2.45) is 0 Å². The van der Waals surface area contributed by atoms with Gasteiger partial charge in [0.2, 0.25) is 24.2 Å². The Kier molecular flexibility index (Phi) is 8.96. The summed E-state index contributed by atoms with van der Waals surface area (Å²) < 4.78 is 27.2. The second kappa shape index (κ2) is 12.4. The van der Waals surface area contributed by atoms with E-state index in [4.69, 9.17) is 46.9 Å². The number of nitrogens with one attached hydrogen (secondary N) is 2. The molecule has 1 amide bonds. The van der Waals surface area contributed by atoms with E-state index in [0.29, 0.717) is 15.6 Å². The quantitative estimate of drug-likeness (QED) is 0.295. The van der Waals surface area contributed by atoms with Crippen LogP contribution in [0.4, 0.5) is 0 Å². The number of rotatable bonds is 10. The zero-order valence-corrected chi connectivity index (χ0v) is 23.3. The molecule has 4 rings (SSSR count). The Morgan fingerprint density at radius 1 is 1.12 bits per heavy atom. The minimum Gasteiger partial charge on any atom is -0.506 e. The molecule has 212 valence electrons. The van der Waals surface area contributed by atoms with Crippen LogP contribution >= 0.6 is 23.2 Å². The molecule has 40 heavy (non-hydrogen) atoms. The maximum absolute atomic E-state index is 13.3. The smallest absolute Gasteiger partial charge is 0.343 e. The highest BCUT2D eigenvalue weighted by molar-refractivity contribution is 6.42. The molecule has 1 aliphatic heterocycles. The van der Waals surface area contributed by atoms with Gasteiger partial charge in [-0.05, 0) is 30.7 Å². The highest BCUT2D eigenvalue weighted by Crippen LogP contribution is 2.53. The van der Waals surface area contributed by atoms with Crippen LogP contribution in [0.15, 0.2) is 35.3 Å². The number of ether oxygens (including phenoxy) is 5. The number of pyridine rings is 1. The number of aromatic nitrogens is 1. The van der Waals surface area contributed by atoms with Gasteiger partial charge in [0.05, 0.1) is 36.4 Å². The molecule has 13 heteroatoms. The average molecular weight is 593 g/mol. The molecule has 3 aromatic rings. The molecular formula is C27H26Cl2N2O9. The number of carbonyl (C=O) groups excluding carboxylic acids is 2. The molecule has 0 spiro atoms. The van der Waals surface area contributed by atoms with Crippen LogP contribution in [0, 0.1) is 0 Å². The topological polar surface area (TPSA) is 145 Å². The number of hydrogen-bond donors (Lipinski definition) is 3. The highest BCUT2D eigenvalue weighted by Gasteiger charge is 2.35. The Morgan fingerprint density at radius 2 is 1.88 bits per heavy atom. The molecular weight excluding hydrogens is 567 g/mol. The molecule has 3 N–H and O–H groups in total. The monoisotopic (exact) mass is 592 g/mol. The summed E-state index contributed by atoms with van der Waals surface area (Å²) in [5.41, 5.74) is -0.299. The van der Waals surface area contributed by atoms with Crippen LogP contribution in [-0.4, -0.2) is 49.6 Å². The standard InChI is InChI=1S/C27H26Cl2N2O9/c1-4-38-27(35)16-11-31-26(34)21(22(16)33)14(9-20(32)30-10-13-5-6-17(28)18(29)7-13)15-8-19(36-2)24-25(23(15)37-3)40-12-39-24/h5-8,11,14H,4,9-10,12H2,1-3H3,(H,30,32)(H2,31,33,34). The molecule has 2 aromatic carbocycles. The predicted octanol–water partition coefficient (Wildman–Crippen LogP) is 4.15. The van der Waals surface area contributed by atoms with Crippen molar-refractivity contribution in [3.05, 3.63) is 73.1 Å². The van der Waals surface area contributed by atoms with Gasteiger partial charge in [-0.2, -0.15) is 0 Å². The van der Waals surface area contributed by atoms with Crippen LogP contribution in [0.25, 0.3) is 0 Å². The first kappa shape index (κ1) is 28.9. The molecule has 0 aliphatic carbocycles. The first-order valence-corrected chi connectivity index (χ1v) is 12.8. The van der Waals surface area contributed by atoms with E-state index in [0.717, 1.165) is 6.20 Å². The molecule has 0 radical (unpaired) electrons. The lowest BCUT2D eigenvalue weighted by Gasteiger charge is -2.23. The fraction of sp³-hybridized carbons (Fsp3) is 0.296. The molecule has 0 bridgehead atoms. The molecule has 0 fully saturated rings. The van der Waals surface area contributed by atoms with Crippen LogP contribution in [0.3, 0.4) is 0 Å². The second-order valence-corrected chi connectivity index (χ2v) is 9.38. The van der Waals surface area contributed by atoms with Gasteiger partial charge < -0.3 is 39.1 Å². The summed E-state index contributed by atoms with van der Waals surface area (Å²) in [4.78, 5) is 41.4. The number of hydrogen-bond acceptors (Lipinski definition) is 9. The number of aromatic hydroxyl groups is 1. The molecule has 0 saturated heterocycles. The second-order valence-electron chi connectivity index (χ2n) is 8.56. The highest BCUT2D eigenvalue weighted by atomic mass is 35.5. The van der Waals surface area contributed by atoms with Crippen LogP contribution in [0.5, 0.6) is 28.7 Å². The summed E-state index contributed by atoms with van der Waals surface area (Å²) >= 11 is 12.1. The third-order valence-electron chi connectivity index (χ3n) is 6.20. The summed E-state index contributed by atoms with van der Waals surface area (Å²) in [5, 5.41) is 14.6. The van der Waals surface area contributed by atoms with Crippen LogP contribution in [0.2, 0.25) is 10.0 Å². The SMILES string of the molecule is CCOC(=O)c1c[nH]c(=O)c(C(CC(=O)NCc2ccc(Cl)c(Cl)c2)c2cc(OC)c3c(c2OC)OCO3)c1O. The molecule has 1 unspecified atom stereocenters. The van der Waals surface area contributed by atoms with E-state index in [1.807, 2.05) is 0 Å². The Hall–Kier alpha value is -4.09. The van der Waals surface area contributed by atoms with E-state index in [1.54, 1.807) is 25.1 Å². The Bertz CT molecular complexity index is 1510. The van der Waals surface area contributed by atoms with Crippen molar-refractivity contribution in [2.75, 3.05) is 27.6 Å². The van der Waals surface area contributed by atoms with Crippen LogP contribution < -0.4 is 29.8 Å². The van der Waals surface area contributed by atoms with Crippen molar-refractivity contribution in [1.29, 1.82) is 0 Å². The average Bonchev–Trinajstić information content (AvgIpc) is 3.42. The fourth-order valence-electron chi connectivity index (χ4n) is 4.35. The summed E-state index contributed by atoms with van der Waals surface area (Å²) in [5.74, 6) is -2.21. The van der Waals surface area contributed by atoms with Gasteiger partial charge in [0, 0.05) is 30.6 Å². The van der Waals surface area contributed by atoms with E-state index in [1.165, 1.54) is 20.3 Å². The van der Waals surface area contributed by atoms with Gasteiger partial charge in [0.15, 0.2) is 11.5 Å². The van der Waals surface area contributed by atoms with E-state index < -0.39 is 29.1 Å². The third-order valence-corrected chi connectivity index (χ3v) is 6.94. The number of carbonyl (C=O) groups is 2. The fourth-order valence-corrected chi connectivity index (χ4v) is 4.67. The lowest BCUT2D eigenvalue weighted by Crippen LogP contribution is -2.28. The van der Waals surface area contributed by atoms with Gasteiger partial charge in [-0.25, -0.2) is 4.79 Å². The summed E-state index contributed by atoms with van der Waals surface area (Å²) in [7, 11) is 2.80. The minimum absolute atomic E-state index is 0.0421. The van der Waals surface area contributed by atoms with E-state index in [9.17, 15) is 19.5 Å². The van der Waals surface area contributed by atoms with Crippen molar-refractivity contribution in [2.45, 2.75) is 25.8 Å². The van der Waals surface area contributed by atoms with E-state index in [2.05, 4.69) is 10.3 Å². The molecule has 1 aliphatic rings. The van der Waals surface area contributed by atoms with Crippen molar-refractivity contribution in [3.8, 4) is 28.7 Å². The number of halogens is 2. The molecule has 1 aromatic heterocycles.